The molecule has 0 radical (unpaired) electrons. The molecule has 0 aromatic carbocycles. The largest absolute Gasteiger partial charge is 0.367 e. The van der Waals surface area contributed by atoms with Crippen molar-refractivity contribution in [2.75, 3.05) is 0 Å². The van der Waals surface area contributed by atoms with E-state index in [9.17, 15) is 4.79 Å². The molecule has 0 saturated carbocycles. The fraction of sp³-hybridized carbons (Fsp3) is 0.667. The maximum Gasteiger partial charge on any atom is 0.160 e. The Kier molecular flexibility index (Phi) is 5.07. The van der Waals surface area contributed by atoms with E-state index in [1.165, 1.54) is 6.08 Å². The monoisotopic (exact) mass is 268 g/mol. The van der Waals surface area contributed by atoms with Gasteiger partial charge in [-0.1, -0.05) is 13.0 Å². The Morgan fingerprint density at radius 2 is 2.26 bits per heavy atom. The Balaban J connectivity index is 2.62. The van der Waals surface area contributed by atoms with Crippen molar-refractivity contribution >= 4 is 5.78 Å². The van der Waals surface area contributed by atoms with E-state index < -0.39 is 5.60 Å². The molecule has 0 amide bonds. The van der Waals surface area contributed by atoms with Gasteiger partial charge in [0.2, 0.25) is 0 Å². The minimum atomic E-state index is -0.860. The molecule has 1 heterocycles. The number of allylic oxidation sites excluding steroid dienone is 1. The second-order valence-electron chi connectivity index (χ2n) is 5.93. The van der Waals surface area contributed by atoms with Crippen LogP contribution in [0.5, 0.6) is 0 Å². The van der Waals surface area contributed by atoms with Gasteiger partial charge < -0.3 is 4.74 Å². The molecule has 0 spiro atoms. The lowest BCUT2D eigenvalue weighted by Crippen LogP contribution is -2.29. The van der Waals surface area contributed by atoms with Crippen molar-refractivity contribution in [1.82, 2.24) is 0 Å². The Bertz CT molecular complexity index is 372. The molecule has 0 aromatic heterocycles. The first-order valence-corrected chi connectivity index (χ1v) is 6.60. The first kappa shape index (κ1) is 16.1. The molecule has 1 N–H and O–H groups in total. The molecule has 0 aromatic rings. The van der Waals surface area contributed by atoms with Crippen molar-refractivity contribution in [3.05, 3.63) is 24.8 Å². The van der Waals surface area contributed by atoms with E-state index >= 15 is 0 Å². The van der Waals surface area contributed by atoms with Crippen LogP contribution < -0.4 is 0 Å². The SMILES string of the molecule is C=C[C@@]1(C)CC[C@@H](C(C)C(=O)/C=C/C(C)(C)OO)O1. The zero-order valence-electron chi connectivity index (χ0n) is 12.2. The van der Waals surface area contributed by atoms with Gasteiger partial charge in [-0.2, -0.15) is 0 Å². The summed E-state index contributed by atoms with van der Waals surface area (Å²) in [6, 6.07) is 0. The molecule has 4 heteroatoms. The van der Waals surface area contributed by atoms with Gasteiger partial charge in [0.15, 0.2) is 5.78 Å². The van der Waals surface area contributed by atoms with Crippen LogP contribution in [0.1, 0.15) is 40.5 Å². The Hall–Kier alpha value is -0.970. The average Bonchev–Trinajstić information content (AvgIpc) is 2.78. The van der Waals surface area contributed by atoms with Crippen molar-refractivity contribution in [3.63, 3.8) is 0 Å². The normalized spacial score (nSPS) is 29.6. The van der Waals surface area contributed by atoms with Gasteiger partial charge in [-0.3, -0.25) is 10.1 Å². The number of rotatable bonds is 6. The first-order valence-electron chi connectivity index (χ1n) is 6.60. The van der Waals surface area contributed by atoms with Gasteiger partial charge in [-0.05, 0) is 45.8 Å². The second kappa shape index (κ2) is 5.99. The Morgan fingerprint density at radius 3 is 2.74 bits per heavy atom. The summed E-state index contributed by atoms with van der Waals surface area (Å²) in [7, 11) is 0. The summed E-state index contributed by atoms with van der Waals surface area (Å²) in [6.45, 7) is 10.9. The lowest BCUT2D eigenvalue weighted by molar-refractivity contribution is -0.297. The summed E-state index contributed by atoms with van der Waals surface area (Å²) in [4.78, 5) is 16.3. The molecule has 3 atom stereocenters. The summed E-state index contributed by atoms with van der Waals surface area (Å²) in [6.07, 6.45) is 6.44. The summed E-state index contributed by atoms with van der Waals surface area (Å²) in [5, 5.41) is 8.66. The summed E-state index contributed by atoms with van der Waals surface area (Å²) >= 11 is 0. The van der Waals surface area contributed by atoms with E-state index in [-0.39, 0.29) is 23.4 Å². The number of hydrogen-bond donors (Lipinski definition) is 1. The van der Waals surface area contributed by atoms with Gasteiger partial charge >= 0.3 is 0 Å². The van der Waals surface area contributed by atoms with Crippen LogP contribution in [0.4, 0.5) is 0 Å². The van der Waals surface area contributed by atoms with Crippen LogP contribution in [0.15, 0.2) is 24.8 Å². The predicted molar refractivity (Wildman–Crippen MR) is 73.8 cm³/mol. The van der Waals surface area contributed by atoms with E-state index in [4.69, 9.17) is 9.99 Å². The number of carbonyl (C=O) groups excluding carboxylic acids is 1. The molecule has 4 nitrogen and oxygen atoms in total. The maximum atomic E-state index is 12.1. The highest BCUT2D eigenvalue weighted by Gasteiger charge is 2.37. The van der Waals surface area contributed by atoms with E-state index in [0.717, 1.165) is 12.8 Å². The van der Waals surface area contributed by atoms with Crippen LogP contribution in [0.25, 0.3) is 0 Å². The fourth-order valence-electron chi connectivity index (χ4n) is 2.04. The molecule has 1 aliphatic heterocycles. The van der Waals surface area contributed by atoms with Crippen molar-refractivity contribution in [2.24, 2.45) is 5.92 Å². The maximum absolute atomic E-state index is 12.1. The lowest BCUT2D eigenvalue weighted by Gasteiger charge is -2.23. The molecule has 0 aliphatic carbocycles. The number of hydrogen-bond acceptors (Lipinski definition) is 4. The van der Waals surface area contributed by atoms with Gasteiger partial charge in [0, 0.05) is 5.92 Å². The third kappa shape index (κ3) is 4.27. The molecule has 1 aliphatic rings. The summed E-state index contributed by atoms with van der Waals surface area (Å²) in [5.74, 6) is -0.240. The van der Waals surface area contributed by atoms with Crippen molar-refractivity contribution < 1.29 is 19.7 Å². The van der Waals surface area contributed by atoms with Crippen LogP contribution >= 0.6 is 0 Å². The highest BCUT2D eigenvalue weighted by Crippen LogP contribution is 2.34. The van der Waals surface area contributed by atoms with Gasteiger partial charge in [-0.15, -0.1) is 6.58 Å². The Labute approximate surface area is 115 Å². The molecular weight excluding hydrogens is 244 g/mol. The standard InChI is InChI=1S/C15H24O4/c1-6-15(5)10-8-13(18-15)11(2)12(16)7-9-14(3,4)19-17/h6-7,9,11,13,17H,1,8,10H2,2-5H3/b9-7+/t11?,13-,15-/m0/s1. The minimum Gasteiger partial charge on any atom is -0.367 e. The van der Waals surface area contributed by atoms with Crippen LogP contribution in [0.3, 0.4) is 0 Å². The van der Waals surface area contributed by atoms with Crippen LogP contribution in [-0.4, -0.2) is 28.3 Å². The second-order valence-corrected chi connectivity index (χ2v) is 5.93. The van der Waals surface area contributed by atoms with E-state index in [1.807, 2.05) is 13.8 Å². The molecular formula is C15H24O4. The molecule has 1 saturated heterocycles. The van der Waals surface area contributed by atoms with Crippen LogP contribution in [0.2, 0.25) is 0 Å². The van der Waals surface area contributed by atoms with Crippen molar-refractivity contribution in [1.29, 1.82) is 0 Å². The van der Waals surface area contributed by atoms with Gasteiger partial charge in [0.1, 0.15) is 5.60 Å². The first-order chi connectivity index (χ1) is 8.73. The Morgan fingerprint density at radius 1 is 1.63 bits per heavy atom. The summed E-state index contributed by atoms with van der Waals surface area (Å²) < 4.78 is 5.89. The van der Waals surface area contributed by atoms with Gasteiger partial charge in [-0.25, -0.2) is 4.89 Å². The number of ketones is 1. The topological polar surface area (TPSA) is 55.8 Å². The minimum absolute atomic E-state index is 0.0246. The molecule has 19 heavy (non-hydrogen) atoms. The fourth-order valence-corrected chi connectivity index (χ4v) is 2.04. The van der Waals surface area contributed by atoms with Gasteiger partial charge in [0.05, 0.1) is 11.7 Å². The molecule has 1 unspecified atom stereocenters. The lowest BCUT2D eigenvalue weighted by atomic mass is 9.94. The van der Waals surface area contributed by atoms with E-state index in [2.05, 4.69) is 11.5 Å². The average molecular weight is 268 g/mol. The highest BCUT2D eigenvalue weighted by atomic mass is 17.1. The van der Waals surface area contributed by atoms with Crippen molar-refractivity contribution in [3.8, 4) is 0 Å². The molecule has 1 fully saturated rings. The highest BCUT2D eigenvalue weighted by molar-refractivity contribution is 5.92. The van der Waals surface area contributed by atoms with E-state index in [0.29, 0.717) is 0 Å². The quantitative estimate of drug-likeness (QED) is 0.348. The zero-order chi connectivity index (χ0) is 14.7. The van der Waals surface area contributed by atoms with Crippen LogP contribution in [0, 0.1) is 5.92 Å². The molecule has 108 valence electrons. The molecule has 0 bridgehead atoms. The number of ether oxygens (including phenoxy) is 1. The summed E-state index contributed by atoms with van der Waals surface area (Å²) in [5.41, 5.74) is -1.18. The zero-order valence-corrected chi connectivity index (χ0v) is 12.2. The molecule has 1 rings (SSSR count). The van der Waals surface area contributed by atoms with Crippen LogP contribution in [-0.2, 0) is 14.4 Å². The number of carbonyl (C=O) groups is 1. The third-order valence-electron chi connectivity index (χ3n) is 3.67. The van der Waals surface area contributed by atoms with Crippen molar-refractivity contribution in [2.45, 2.75) is 57.8 Å². The smallest absolute Gasteiger partial charge is 0.160 e. The van der Waals surface area contributed by atoms with Gasteiger partial charge in [0.25, 0.3) is 0 Å². The predicted octanol–water partition coefficient (Wildman–Crippen LogP) is 3.14. The third-order valence-corrected chi connectivity index (χ3v) is 3.67. The van der Waals surface area contributed by atoms with E-state index in [1.54, 1.807) is 26.0 Å².